The highest BCUT2D eigenvalue weighted by Crippen LogP contribution is 2.29. The topological polar surface area (TPSA) is 95.9 Å². The van der Waals surface area contributed by atoms with Gasteiger partial charge in [0.2, 0.25) is 0 Å². The molecule has 7 nitrogen and oxygen atoms in total. The maximum atomic E-state index is 13.5. The normalized spacial score (nSPS) is 11.2. The number of thioether (sulfide) groups is 1. The number of nitrogens with two attached hydrogens (primary N) is 1. The van der Waals surface area contributed by atoms with Crippen LogP contribution < -0.4 is 16.0 Å². The second kappa shape index (κ2) is 8.73. The van der Waals surface area contributed by atoms with Gasteiger partial charge in [-0.25, -0.2) is 15.0 Å². The van der Waals surface area contributed by atoms with Crippen LogP contribution in [-0.4, -0.2) is 26.6 Å². The minimum atomic E-state index is -0.220. The fourth-order valence-corrected chi connectivity index (χ4v) is 4.63. The first-order valence-corrected chi connectivity index (χ1v) is 11.4. The summed E-state index contributed by atoms with van der Waals surface area (Å²) in [4.78, 5) is 27.3. The summed E-state index contributed by atoms with van der Waals surface area (Å²) in [5, 5.41) is 2.23. The molecule has 9 heteroatoms. The molecule has 0 atom stereocenters. The molecule has 5 aromatic rings. The molecule has 0 radical (unpaired) electrons. The van der Waals surface area contributed by atoms with Crippen LogP contribution in [0.2, 0.25) is 5.02 Å². The van der Waals surface area contributed by atoms with Gasteiger partial charge in [-0.1, -0.05) is 47.6 Å². The zero-order valence-electron chi connectivity index (χ0n) is 17.5. The van der Waals surface area contributed by atoms with Crippen molar-refractivity contribution in [3.05, 3.63) is 87.9 Å². The van der Waals surface area contributed by atoms with Crippen molar-refractivity contribution in [3.8, 4) is 11.4 Å². The van der Waals surface area contributed by atoms with Crippen LogP contribution in [0.4, 0.5) is 5.82 Å². The third-order valence-corrected chi connectivity index (χ3v) is 6.31. The number of nitrogen functional groups attached to an aromatic ring is 1. The molecule has 0 saturated carbocycles. The monoisotopic (exact) mass is 475 g/mol. The molecule has 0 spiro atoms. The summed E-state index contributed by atoms with van der Waals surface area (Å²) in [6, 6.07) is 19.9. The van der Waals surface area contributed by atoms with Gasteiger partial charge in [-0.3, -0.25) is 9.36 Å². The van der Waals surface area contributed by atoms with Gasteiger partial charge in [0, 0.05) is 10.4 Å². The minimum absolute atomic E-state index is 0.220. The molecule has 5 rings (SSSR count). The Bertz CT molecular complexity index is 1570. The number of halogens is 1. The van der Waals surface area contributed by atoms with Crippen LogP contribution >= 0.6 is 23.4 Å². The minimum Gasteiger partial charge on any atom is -0.495 e. The van der Waals surface area contributed by atoms with E-state index in [1.54, 1.807) is 35.9 Å². The Balaban J connectivity index is 1.64. The third-order valence-electron chi connectivity index (χ3n) is 5.14. The van der Waals surface area contributed by atoms with E-state index in [0.717, 1.165) is 10.9 Å². The van der Waals surface area contributed by atoms with E-state index in [2.05, 4.69) is 9.97 Å². The van der Waals surface area contributed by atoms with E-state index < -0.39 is 0 Å². The van der Waals surface area contributed by atoms with Crippen LogP contribution in [0.3, 0.4) is 0 Å². The number of rotatable bonds is 5. The SMILES string of the molecule is COc1ccccc1-n1c(SCc2nc(N)c3ccccc3n2)nc2cc(Cl)ccc2c1=O. The number of aromatic nitrogens is 4. The van der Waals surface area contributed by atoms with Crippen LogP contribution in [0.25, 0.3) is 27.5 Å². The number of methoxy groups -OCH3 is 1. The summed E-state index contributed by atoms with van der Waals surface area (Å²) in [6.45, 7) is 0. The lowest BCUT2D eigenvalue weighted by molar-refractivity contribution is 0.411. The van der Waals surface area contributed by atoms with E-state index in [-0.39, 0.29) is 5.56 Å². The van der Waals surface area contributed by atoms with Crippen LogP contribution in [-0.2, 0) is 5.75 Å². The number of fused-ring (bicyclic) bond motifs is 2. The van der Waals surface area contributed by atoms with Gasteiger partial charge >= 0.3 is 0 Å². The van der Waals surface area contributed by atoms with E-state index in [9.17, 15) is 4.79 Å². The number of hydrogen-bond acceptors (Lipinski definition) is 7. The first-order chi connectivity index (χ1) is 16.0. The van der Waals surface area contributed by atoms with Gasteiger partial charge < -0.3 is 10.5 Å². The standard InChI is InChI=1S/C24H18ClN5O2S/c1-32-20-9-5-4-8-19(20)30-23(31)16-11-10-14(25)12-18(16)28-24(30)33-13-21-27-17-7-3-2-6-15(17)22(26)29-21/h2-12H,13H2,1H3,(H2,26,27,29). The zero-order chi connectivity index (χ0) is 22.9. The van der Waals surface area contributed by atoms with Crippen molar-refractivity contribution >= 4 is 51.0 Å². The fraction of sp³-hybridized carbons (Fsp3) is 0.0833. The number of benzene rings is 3. The van der Waals surface area contributed by atoms with Gasteiger partial charge in [-0.2, -0.15) is 0 Å². The smallest absolute Gasteiger partial charge is 0.266 e. The molecule has 0 aliphatic rings. The molecule has 0 amide bonds. The van der Waals surface area contributed by atoms with Crippen molar-refractivity contribution in [2.24, 2.45) is 0 Å². The number of anilines is 1. The average molecular weight is 476 g/mol. The highest BCUT2D eigenvalue weighted by Gasteiger charge is 2.17. The second-order valence-corrected chi connectivity index (χ2v) is 8.58. The summed E-state index contributed by atoms with van der Waals surface area (Å²) in [7, 11) is 1.57. The molecule has 2 N–H and O–H groups in total. The number of nitrogens with zero attached hydrogens (tertiary/aromatic N) is 4. The van der Waals surface area contributed by atoms with Gasteiger partial charge in [0.25, 0.3) is 5.56 Å². The summed E-state index contributed by atoms with van der Waals surface area (Å²) < 4.78 is 7.05. The maximum Gasteiger partial charge on any atom is 0.266 e. The van der Waals surface area contributed by atoms with Crippen molar-refractivity contribution in [2.45, 2.75) is 10.9 Å². The molecule has 0 unspecified atom stereocenters. The van der Waals surface area contributed by atoms with Gasteiger partial charge in [0.1, 0.15) is 17.4 Å². The Hall–Kier alpha value is -3.62. The quantitative estimate of drug-likeness (QED) is 0.286. The highest BCUT2D eigenvalue weighted by molar-refractivity contribution is 7.98. The van der Waals surface area contributed by atoms with E-state index in [0.29, 0.717) is 49.9 Å². The molecular weight excluding hydrogens is 458 g/mol. The van der Waals surface area contributed by atoms with E-state index >= 15 is 0 Å². The molecular formula is C24H18ClN5O2S. The Morgan fingerprint density at radius 3 is 2.61 bits per heavy atom. The molecule has 2 heterocycles. The fourth-order valence-electron chi connectivity index (χ4n) is 3.61. The van der Waals surface area contributed by atoms with Gasteiger partial charge in [0.05, 0.1) is 35.0 Å². The van der Waals surface area contributed by atoms with Crippen molar-refractivity contribution in [1.29, 1.82) is 0 Å². The van der Waals surface area contributed by atoms with Gasteiger partial charge in [-0.15, -0.1) is 0 Å². The van der Waals surface area contributed by atoms with Gasteiger partial charge in [0.15, 0.2) is 5.16 Å². The predicted molar refractivity (Wildman–Crippen MR) is 132 cm³/mol. The zero-order valence-corrected chi connectivity index (χ0v) is 19.1. The van der Waals surface area contributed by atoms with Gasteiger partial charge in [-0.05, 0) is 42.5 Å². The van der Waals surface area contributed by atoms with Crippen LogP contribution in [0.5, 0.6) is 5.75 Å². The molecule has 3 aromatic carbocycles. The van der Waals surface area contributed by atoms with Crippen molar-refractivity contribution < 1.29 is 4.74 Å². The van der Waals surface area contributed by atoms with Crippen molar-refractivity contribution in [1.82, 2.24) is 19.5 Å². The number of ether oxygens (including phenoxy) is 1. The van der Waals surface area contributed by atoms with E-state index in [1.165, 1.54) is 11.8 Å². The number of hydrogen-bond donors (Lipinski definition) is 1. The molecule has 0 bridgehead atoms. The molecule has 0 aliphatic heterocycles. The highest BCUT2D eigenvalue weighted by atomic mass is 35.5. The van der Waals surface area contributed by atoms with Crippen LogP contribution in [0, 0.1) is 0 Å². The summed E-state index contributed by atoms with van der Waals surface area (Å²) in [5.41, 5.74) is 7.79. The maximum absolute atomic E-state index is 13.5. The molecule has 0 aliphatic carbocycles. The largest absolute Gasteiger partial charge is 0.495 e. The lowest BCUT2D eigenvalue weighted by Crippen LogP contribution is -2.22. The second-order valence-electron chi connectivity index (χ2n) is 7.20. The van der Waals surface area contributed by atoms with E-state index in [4.69, 9.17) is 27.1 Å². The summed E-state index contributed by atoms with van der Waals surface area (Å²) in [6.07, 6.45) is 0. The Morgan fingerprint density at radius 2 is 1.76 bits per heavy atom. The van der Waals surface area contributed by atoms with Crippen LogP contribution in [0.1, 0.15) is 5.82 Å². The molecule has 2 aromatic heterocycles. The molecule has 164 valence electrons. The van der Waals surface area contributed by atoms with E-state index in [1.807, 2.05) is 42.5 Å². The molecule has 0 fully saturated rings. The van der Waals surface area contributed by atoms with Crippen LogP contribution in [0.15, 0.2) is 76.7 Å². The lowest BCUT2D eigenvalue weighted by atomic mass is 10.2. The van der Waals surface area contributed by atoms with Crippen molar-refractivity contribution in [2.75, 3.05) is 12.8 Å². The summed E-state index contributed by atoms with van der Waals surface area (Å²) in [5.74, 6) is 1.88. The Kier molecular flexibility index (Phi) is 5.62. The molecule has 0 saturated heterocycles. The molecule has 33 heavy (non-hydrogen) atoms. The number of para-hydroxylation sites is 3. The predicted octanol–water partition coefficient (Wildman–Crippen LogP) is 4.87. The van der Waals surface area contributed by atoms with Crippen molar-refractivity contribution in [3.63, 3.8) is 0 Å². The lowest BCUT2D eigenvalue weighted by Gasteiger charge is -2.15. The first kappa shape index (κ1) is 21.2. The average Bonchev–Trinajstić information content (AvgIpc) is 2.82. The third kappa shape index (κ3) is 3.99. The Morgan fingerprint density at radius 1 is 0.970 bits per heavy atom. The first-order valence-electron chi connectivity index (χ1n) is 10.0. The summed E-state index contributed by atoms with van der Waals surface area (Å²) >= 11 is 7.50. The Labute approximate surface area is 198 Å².